The van der Waals surface area contributed by atoms with E-state index in [1.807, 2.05) is 56.3 Å². The molecule has 0 spiro atoms. The van der Waals surface area contributed by atoms with Gasteiger partial charge in [-0.15, -0.1) is 12.4 Å². The minimum atomic E-state index is -0.622. The number of ketones is 1. The number of rotatable bonds is 7. The molecule has 0 aliphatic rings. The largest absolute Gasteiger partial charge is 0.497 e. The van der Waals surface area contributed by atoms with Crippen molar-refractivity contribution in [1.29, 1.82) is 0 Å². The molecule has 0 fully saturated rings. The zero-order valence-electron chi connectivity index (χ0n) is 14.7. The van der Waals surface area contributed by atoms with Gasteiger partial charge in [-0.2, -0.15) is 0 Å². The number of carbonyl (C=O) groups excluding carboxylic acids is 1. The van der Waals surface area contributed by atoms with E-state index in [2.05, 4.69) is 24.4 Å². The summed E-state index contributed by atoms with van der Waals surface area (Å²) < 4.78 is 5.14. The van der Waals surface area contributed by atoms with Crippen molar-refractivity contribution in [2.75, 3.05) is 7.11 Å². The second-order valence-corrected chi connectivity index (χ2v) is 6.42. The predicted molar refractivity (Wildman–Crippen MR) is 101 cm³/mol. The zero-order chi connectivity index (χ0) is 16.9. The average molecular weight is 348 g/mol. The normalized spacial score (nSPS) is 12.2. The van der Waals surface area contributed by atoms with Crippen molar-refractivity contribution in [2.24, 2.45) is 0 Å². The van der Waals surface area contributed by atoms with Crippen LogP contribution in [0.25, 0.3) is 0 Å². The topological polar surface area (TPSA) is 38.3 Å². The number of hydrogen-bond donors (Lipinski definition) is 1. The highest BCUT2D eigenvalue weighted by molar-refractivity contribution is 6.02. The summed E-state index contributed by atoms with van der Waals surface area (Å²) in [7, 11) is 1.62. The Morgan fingerprint density at radius 1 is 1.08 bits per heavy atom. The monoisotopic (exact) mass is 347 g/mol. The molecule has 2 aromatic rings. The van der Waals surface area contributed by atoms with Crippen LogP contribution in [0.1, 0.15) is 36.7 Å². The molecule has 1 unspecified atom stereocenters. The fourth-order valence-electron chi connectivity index (χ4n) is 2.80. The van der Waals surface area contributed by atoms with Crippen molar-refractivity contribution in [3.63, 3.8) is 0 Å². The molecule has 0 saturated carbocycles. The Morgan fingerprint density at radius 3 is 2.21 bits per heavy atom. The number of methoxy groups -OCH3 is 1. The van der Waals surface area contributed by atoms with Crippen LogP contribution in [0.2, 0.25) is 0 Å². The van der Waals surface area contributed by atoms with Crippen LogP contribution in [0.15, 0.2) is 54.6 Å². The zero-order valence-corrected chi connectivity index (χ0v) is 15.5. The smallest absolute Gasteiger partial charge is 0.182 e. The summed E-state index contributed by atoms with van der Waals surface area (Å²) in [6.45, 7) is 5.97. The summed E-state index contributed by atoms with van der Waals surface area (Å²) in [6, 6.07) is 17.8. The molecule has 3 nitrogen and oxygen atoms in total. The van der Waals surface area contributed by atoms with E-state index >= 15 is 0 Å². The number of halogens is 1. The van der Waals surface area contributed by atoms with Gasteiger partial charge in [0.05, 0.1) is 12.6 Å². The first kappa shape index (κ1) is 20.2. The van der Waals surface area contributed by atoms with E-state index in [0.717, 1.165) is 12.2 Å². The van der Waals surface area contributed by atoms with Crippen molar-refractivity contribution in [3.05, 3.63) is 65.7 Å². The highest BCUT2D eigenvalue weighted by Crippen LogP contribution is 2.18. The van der Waals surface area contributed by atoms with Gasteiger partial charge in [-0.05, 0) is 57.0 Å². The van der Waals surface area contributed by atoms with Crippen LogP contribution in [-0.2, 0) is 6.42 Å². The number of nitrogens with one attached hydrogen (secondary N) is 1. The van der Waals surface area contributed by atoms with Crippen molar-refractivity contribution in [2.45, 2.75) is 38.8 Å². The van der Waals surface area contributed by atoms with Crippen molar-refractivity contribution in [1.82, 2.24) is 5.32 Å². The lowest BCUT2D eigenvalue weighted by Crippen LogP contribution is -2.51. The van der Waals surface area contributed by atoms with E-state index in [0.29, 0.717) is 5.56 Å². The van der Waals surface area contributed by atoms with Crippen LogP contribution in [-0.4, -0.2) is 24.5 Å². The molecular formula is C20H26ClNO2. The summed E-state index contributed by atoms with van der Waals surface area (Å²) in [4.78, 5) is 12.8. The Balaban J connectivity index is 0.00000288. The first-order valence-electron chi connectivity index (χ1n) is 7.93. The number of ether oxygens (including phenoxy) is 1. The maximum atomic E-state index is 12.8. The van der Waals surface area contributed by atoms with Gasteiger partial charge in [-0.25, -0.2) is 0 Å². The Hall–Kier alpha value is -1.84. The molecule has 130 valence electrons. The Bertz CT molecular complexity index is 638. The van der Waals surface area contributed by atoms with E-state index in [4.69, 9.17) is 4.74 Å². The van der Waals surface area contributed by atoms with Gasteiger partial charge >= 0.3 is 0 Å². The lowest BCUT2D eigenvalue weighted by molar-refractivity contribution is 0.0871. The molecule has 1 atom stereocenters. The van der Waals surface area contributed by atoms with Gasteiger partial charge < -0.3 is 10.1 Å². The van der Waals surface area contributed by atoms with Gasteiger partial charge in [0.15, 0.2) is 5.78 Å². The lowest BCUT2D eigenvalue weighted by atomic mass is 9.91. The van der Waals surface area contributed by atoms with Gasteiger partial charge in [0.2, 0.25) is 0 Å². The Morgan fingerprint density at radius 2 is 1.67 bits per heavy atom. The fourth-order valence-corrected chi connectivity index (χ4v) is 2.80. The third-order valence-electron chi connectivity index (χ3n) is 3.91. The van der Waals surface area contributed by atoms with Crippen LogP contribution in [0.4, 0.5) is 0 Å². The summed E-state index contributed by atoms with van der Waals surface area (Å²) in [5.41, 5.74) is 1.33. The molecule has 0 heterocycles. The minimum absolute atomic E-state index is 0. The van der Waals surface area contributed by atoms with Gasteiger partial charge in [0, 0.05) is 11.6 Å². The molecule has 0 aliphatic heterocycles. The summed E-state index contributed by atoms with van der Waals surface area (Å²) in [5.74, 6) is 0.838. The number of Topliss-reactive ketones (excluding diaryl/α,β-unsaturated/α-hetero) is 1. The van der Waals surface area contributed by atoms with Crippen LogP contribution in [0.3, 0.4) is 0 Å². The lowest BCUT2D eigenvalue weighted by Gasteiger charge is -2.29. The maximum absolute atomic E-state index is 12.8. The average Bonchev–Trinajstić information content (AvgIpc) is 2.54. The van der Waals surface area contributed by atoms with Gasteiger partial charge in [-0.1, -0.05) is 30.3 Å². The van der Waals surface area contributed by atoms with E-state index in [1.165, 1.54) is 5.56 Å². The summed E-state index contributed by atoms with van der Waals surface area (Å²) in [5, 5.41) is 3.45. The number of hydrogen-bond acceptors (Lipinski definition) is 3. The first-order valence-corrected chi connectivity index (χ1v) is 7.93. The van der Waals surface area contributed by atoms with Gasteiger partial charge in [0.25, 0.3) is 0 Å². The first-order chi connectivity index (χ1) is 10.9. The van der Waals surface area contributed by atoms with Crippen LogP contribution in [0, 0.1) is 0 Å². The van der Waals surface area contributed by atoms with Gasteiger partial charge in [-0.3, -0.25) is 4.79 Å². The standard InChI is InChI=1S/C20H25NO2.ClH/c1-15(14-16-8-6-5-7-9-16)21-20(2,3)19(22)17-10-12-18(23-4)13-11-17;/h5-13,15,21H,14H2,1-4H3;1H. The molecule has 2 aromatic carbocycles. The second-order valence-electron chi connectivity index (χ2n) is 6.42. The maximum Gasteiger partial charge on any atom is 0.182 e. The van der Waals surface area contributed by atoms with E-state index in [9.17, 15) is 4.79 Å². The van der Waals surface area contributed by atoms with E-state index in [1.54, 1.807) is 7.11 Å². The molecule has 2 rings (SSSR count). The fraction of sp³-hybridized carbons (Fsp3) is 0.350. The second kappa shape index (κ2) is 8.86. The predicted octanol–water partition coefficient (Wildman–Crippen LogP) is 4.30. The van der Waals surface area contributed by atoms with E-state index in [-0.39, 0.29) is 24.2 Å². The third-order valence-corrected chi connectivity index (χ3v) is 3.91. The molecule has 1 N–H and O–H groups in total. The minimum Gasteiger partial charge on any atom is -0.497 e. The van der Waals surface area contributed by atoms with Gasteiger partial charge in [0.1, 0.15) is 5.75 Å². The molecule has 0 bridgehead atoms. The molecule has 0 amide bonds. The molecular weight excluding hydrogens is 322 g/mol. The van der Waals surface area contributed by atoms with Crippen molar-refractivity contribution in [3.8, 4) is 5.75 Å². The quantitative estimate of drug-likeness (QED) is 0.759. The molecule has 0 aromatic heterocycles. The Labute approximate surface area is 150 Å². The molecule has 0 saturated heterocycles. The highest BCUT2D eigenvalue weighted by Gasteiger charge is 2.29. The van der Waals surface area contributed by atoms with Crippen molar-refractivity contribution < 1.29 is 9.53 Å². The molecule has 0 aliphatic carbocycles. The molecule has 0 radical (unpaired) electrons. The molecule has 4 heteroatoms. The number of benzene rings is 2. The summed E-state index contributed by atoms with van der Waals surface area (Å²) in [6.07, 6.45) is 0.889. The number of carbonyl (C=O) groups is 1. The Kier molecular flexibility index (Phi) is 7.46. The van der Waals surface area contributed by atoms with Crippen LogP contribution in [0.5, 0.6) is 5.75 Å². The van der Waals surface area contributed by atoms with Crippen LogP contribution >= 0.6 is 12.4 Å². The van der Waals surface area contributed by atoms with E-state index < -0.39 is 5.54 Å². The molecule has 24 heavy (non-hydrogen) atoms. The third kappa shape index (κ3) is 5.36. The summed E-state index contributed by atoms with van der Waals surface area (Å²) >= 11 is 0. The van der Waals surface area contributed by atoms with Crippen LogP contribution < -0.4 is 10.1 Å². The highest BCUT2D eigenvalue weighted by atomic mass is 35.5. The van der Waals surface area contributed by atoms with Crippen molar-refractivity contribution >= 4 is 18.2 Å². The SMILES string of the molecule is COc1ccc(C(=O)C(C)(C)NC(C)Cc2ccccc2)cc1.Cl.